The Hall–Kier alpha value is -0.960. The highest BCUT2D eigenvalue weighted by Gasteiger charge is 2.27. The number of nitrogens with zero attached hydrogens (tertiary/aromatic N) is 1. The summed E-state index contributed by atoms with van der Waals surface area (Å²) in [7, 11) is -3.44. The summed E-state index contributed by atoms with van der Waals surface area (Å²) < 4.78 is 32.2. The van der Waals surface area contributed by atoms with Gasteiger partial charge >= 0.3 is 0 Å². The van der Waals surface area contributed by atoms with E-state index in [1.807, 2.05) is 0 Å². The molecule has 1 aliphatic carbocycles. The number of hydrogen-bond donors (Lipinski definition) is 1. The number of morpholine rings is 1. The highest BCUT2D eigenvalue weighted by atomic mass is 32.2. The molecule has 0 unspecified atom stereocenters. The minimum absolute atomic E-state index is 0.0675. The van der Waals surface area contributed by atoms with Crippen molar-refractivity contribution in [3.63, 3.8) is 0 Å². The molecule has 1 N–H and O–H groups in total. The van der Waals surface area contributed by atoms with Gasteiger partial charge in [-0.05, 0) is 30.9 Å². The maximum atomic E-state index is 12.6. The number of sulfonamides is 1. The maximum Gasteiger partial charge on any atom is 0.252 e. The van der Waals surface area contributed by atoms with Crippen molar-refractivity contribution in [2.75, 3.05) is 26.3 Å². The molecule has 2 heterocycles. The average Bonchev–Trinajstić information content (AvgIpc) is 3.11. The fraction of sp³-hybridized carbons (Fsp3) is 0.706. The lowest BCUT2D eigenvalue weighted by Crippen LogP contribution is -2.40. The maximum absolute atomic E-state index is 12.6. The minimum Gasteiger partial charge on any atom is -0.379 e. The van der Waals surface area contributed by atoms with Gasteiger partial charge in [-0.25, -0.2) is 8.42 Å². The first-order valence-corrected chi connectivity index (χ1v) is 11.2. The summed E-state index contributed by atoms with van der Waals surface area (Å²) in [5, 5.41) is 2.93. The van der Waals surface area contributed by atoms with E-state index in [4.69, 9.17) is 4.74 Å². The van der Waals surface area contributed by atoms with Crippen molar-refractivity contribution in [2.45, 2.75) is 49.3 Å². The first kappa shape index (κ1) is 18.8. The standard InChI is InChI=1S/C17H26N2O4S2/c20-16(12-14-4-2-1-3-5-14)18-13-15-6-7-17(24-15)25(21,22)19-8-10-23-11-9-19/h6-7,14H,1-5,8-13H2,(H,18,20). The van der Waals surface area contributed by atoms with Crippen LogP contribution in [0.15, 0.2) is 16.3 Å². The van der Waals surface area contributed by atoms with Crippen molar-refractivity contribution >= 4 is 27.3 Å². The summed E-state index contributed by atoms with van der Waals surface area (Å²) in [6.07, 6.45) is 6.62. The molecule has 1 aliphatic heterocycles. The summed E-state index contributed by atoms with van der Waals surface area (Å²) in [6, 6.07) is 3.43. The van der Waals surface area contributed by atoms with Crippen molar-refractivity contribution in [1.82, 2.24) is 9.62 Å². The number of nitrogens with one attached hydrogen (secondary N) is 1. The third kappa shape index (κ3) is 5.03. The van der Waals surface area contributed by atoms with Crippen molar-refractivity contribution in [3.8, 4) is 0 Å². The van der Waals surface area contributed by atoms with Crippen LogP contribution in [0.2, 0.25) is 0 Å². The van der Waals surface area contributed by atoms with Crippen molar-refractivity contribution in [2.24, 2.45) is 5.92 Å². The van der Waals surface area contributed by atoms with E-state index in [0.29, 0.717) is 49.4 Å². The number of hydrogen-bond acceptors (Lipinski definition) is 5. The van der Waals surface area contributed by atoms with Crippen LogP contribution in [0.25, 0.3) is 0 Å². The van der Waals surface area contributed by atoms with Crippen LogP contribution in [0.1, 0.15) is 43.4 Å². The molecule has 1 aromatic heterocycles. The fourth-order valence-corrected chi connectivity index (χ4v) is 6.28. The quantitative estimate of drug-likeness (QED) is 0.814. The SMILES string of the molecule is O=C(CC1CCCCC1)NCc1ccc(S(=O)(=O)N2CCOCC2)s1. The molecule has 140 valence electrons. The summed E-state index contributed by atoms with van der Waals surface area (Å²) in [5.74, 6) is 0.576. The van der Waals surface area contributed by atoms with Gasteiger partial charge in [0.05, 0.1) is 19.8 Å². The van der Waals surface area contributed by atoms with Crippen LogP contribution < -0.4 is 5.32 Å². The Bertz CT molecular complexity index is 675. The second-order valence-electron chi connectivity index (χ2n) is 6.72. The third-order valence-corrected chi connectivity index (χ3v) is 8.31. The van der Waals surface area contributed by atoms with E-state index in [1.165, 1.54) is 34.9 Å². The van der Waals surface area contributed by atoms with Crippen LogP contribution in [0.4, 0.5) is 0 Å². The average molecular weight is 387 g/mol. The van der Waals surface area contributed by atoms with Gasteiger partial charge in [-0.3, -0.25) is 4.79 Å². The lowest BCUT2D eigenvalue weighted by atomic mass is 9.87. The zero-order valence-electron chi connectivity index (χ0n) is 14.4. The van der Waals surface area contributed by atoms with E-state index in [1.54, 1.807) is 12.1 Å². The molecule has 1 saturated carbocycles. The Morgan fingerprint density at radius 3 is 2.64 bits per heavy atom. The van der Waals surface area contributed by atoms with Gasteiger partial charge in [-0.1, -0.05) is 19.3 Å². The molecule has 1 amide bonds. The zero-order chi connectivity index (χ0) is 17.7. The topological polar surface area (TPSA) is 75.7 Å². The predicted octanol–water partition coefficient (Wildman–Crippen LogP) is 2.36. The molecule has 6 nitrogen and oxygen atoms in total. The Labute approximate surface area is 153 Å². The first-order chi connectivity index (χ1) is 12.1. The number of amides is 1. The molecule has 8 heteroatoms. The Morgan fingerprint density at radius 2 is 1.92 bits per heavy atom. The van der Waals surface area contributed by atoms with E-state index >= 15 is 0 Å². The van der Waals surface area contributed by atoms with E-state index < -0.39 is 10.0 Å². The van der Waals surface area contributed by atoms with Gasteiger partial charge in [-0.2, -0.15) is 4.31 Å². The lowest BCUT2D eigenvalue weighted by Gasteiger charge is -2.25. The second-order valence-corrected chi connectivity index (χ2v) is 10.1. The molecule has 2 fully saturated rings. The van der Waals surface area contributed by atoms with Crippen molar-refractivity contribution in [1.29, 1.82) is 0 Å². The Balaban J connectivity index is 1.51. The largest absolute Gasteiger partial charge is 0.379 e. The minimum atomic E-state index is -3.44. The van der Waals surface area contributed by atoms with Gasteiger partial charge in [0.15, 0.2) is 0 Å². The number of thiophene rings is 1. The normalized spacial score (nSPS) is 20.5. The van der Waals surface area contributed by atoms with Gasteiger partial charge in [-0.15, -0.1) is 11.3 Å². The molecule has 0 radical (unpaired) electrons. The van der Waals surface area contributed by atoms with Gasteiger partial charge in [0.2, 0.25) is 5.91 Å². The molecular formula is C17H26N2O4S2. The number of carbonyl (C=O) groups excluding carboxylic acids is 1. The number of rotatable bonds is 6. The van der Waals surface area contributed by atoms with Crippen LogP contribution >= 0.6 is 11.3 Å². The first-order valence-electron chi connectivity index (χ1n) is 8.99. The smallest absolute Gasteiger partial charge is 0.252 e. The molecule has 1 aromatic rings. The highest BCUT2D eigenvalue weighted by Crippen LogP contribution is 2.27. The summed E-state index contributed by atoms with van der Waals surface area (Å²) in [6.45, 7) is 2.07. The van der Waals surface area contributed by atoms with Gasteiger partial charge < -0.3 is 10.1 Å². The molecule has 3 rings (SSSR count). The Kier molecular flexibility index (Phi) is 6.49. The van der Waals surface area contributed by atoms with Gasteiger partial charge in [0.1, 0.15) is 4.21 Å². The van der Waals surface area contributed by atoms with Crippen LogP contribution in [0.5, 0.6) is 0 Å². The van der Waals surface area contributed by atoms with Crippen LogP contribution in [-0.2, 0) is 26.1 Å². The number of ether oxygens (including phenoxy) is 1. The van der Waals surface area contributed by atoms with Crippen LogP contribution in [0.3, 0.4) is 0 Å². The summed E-state index contributed by atoms with van der Waals surface area (Å²) in [4.78, 5) is 13.0. The van der Waals surface area contributed by atoms with Gasteiger partial charge in [0.25, 0.3) is 10.0 Å². The monoisotopic (exact) mass is 386 g/mol. The molecule has 0 bridgehead atoms. The molecular weight excluding hydrogens is 360 g/mol. The number of carbonyl (C=O) groups is 1. The Morgan fingerprint density at radius 1 is 1.20 bits per heavy atom. The zero-order valence-corrected chi connectivity index (χ0v) is 16.0. The highest BCUT2D eigenvalue weighted by molar-refractivity contribution is 7.91. The van der Waals surface area contributed by atoms with E-state index in [-0.39, 0.29) is 5.91 Å². The molecule has 0 aromatic carbocycles. The molecule has 25 heavy (non-hydrogen) atoms. The van der Waals surface area contributed by atoms with Crippen LogP contribution in [0, 0.1) is 5.92 Å². The van der Waals surface area contributed by atoms with Gasteiger partial charge in [0, 0.05) is 24.4 Å². The van der Waals surface area contributed by atoms with E-state index in [0.717, 1.165) is 17.7 Å². The van der Waals surface area contributed by atoms with Crippen LogP contribution in [-0.4, -0.2) is 44.9 Å². The predicted molar refractivity (Wildman–Crippen MR) is 96.9 cm³/mol. The third-order valence-electron chi connectivity index (χ3n) is 4.86. The summed E-state index contributed by atoms with van der Waals surface area (Å²) in [5.41, 5.74) is 0. The second kappa shape index (κ2) is 8.62. The molecule has 0 atom stereocenters. The molecule has 0 spiro atoms. The molecule has 1 saturated heterocycles. The fourth-order valence-electron chi connectivity index (χ4n) is 3.42. The van der Waals surface area contributed by atoms with E-state index in [2.05, 4.69) is 5.32 Å². The lowest BCUT2D eigenvalue weighted by molar-refractivity contribution is -0.122. The van der Waals surface area contributed by atoms with Crippen molar-refractivity contribution < 1.29 is 17.9 Å². The van der Waals surface area contributed by atoms with Crippen molar-refractivity contribution in [3.05, 3.63) is 17.0 Å². The van der Waals surface area contributed by atoms with E-state index in [9.17, 15) is 13.2 Å². The summed E-state index contributed by atoms with van der Waals surface area (Å²) >= 11 is 1.24. The molecule has 2 aliphatic rings.